The van der Waals surface area contributed by atoms with E-state index >= 15 is 0 Å². The molecule has 1 aromatic rings. The molecule has 7 nitrogen and oxygen atoms in total. The fourth-order valence-corrected chi connectivity index (χ4v) is 1.81. The number of esters is 2. The van der Waals surface area contributed by atoms with Crippen molar-refractivity contribution in [2.75, 3.05) is 6.61 Å². The van der Waals surface area contributed by atoms with Crippen molar-refractivity contribution in [2.45, 2.75) is 26.4 Å². The van der Waals surface area contributed by atoms with Crippen molar-refractivity contribution in [1.29, 1.82) is 0 Å². The van der Waals surface area contributed by atoms with Gasteiger partial charge in [-0.3, -0.25) is 0 Å². The van der Waals surface area contributed by atoms with Gasteiger partial charge in [-0.05, 0) is 37.6 Å². The van der Waals surface area contributed by atoms with Crippen molar-refractivity contribution in [3.8, 4) is 5.75 Å². The second kappa shape index (κ2) is 8.79. The lowest BCUT2D eigenvalue weighted by molar-refractivity contribution is -0.141. The van der Waals surface area contributed by atoms with Gasteiger partial charge in [-0.15, -0.1) is 0 Å². The number of rotatable bonds is 8. The Balaban J connectivity index is 2.92. The van der Waals surface area contributed by atoms with E-state index in [1.807, 2.05) is 0 Å². The van der Waals surface area contributed by atoms with Crippen LogP contribution in [-0.4, -0.2) is 40.8 Å². The standard InChI is InChI=1S/C18H20O7/c1-10(2)17(22)24-9-13(19)7-12-8-14(25-18(23)11(3)4)5-6-15(12)16(20)21/h5-6,8,13,19H,1,3,7,9H2,2,4H3,(H,20,21). The molecule has 0 saturated heterocycles. The summed E-state index contributed by atoms with van der Waals surface area (Å²) in [4.78, 5) is 34.2. The number of carbonyl (C=O) groups excluding carboxylic acids is 2. The lowest BCUT2D eigenvalue weighted by atomic mass is 10.0. The second-order valence-electron chi connectivity index (χ2n) is 5.53. The van der Waals surface area contributed by atoms with E-state index in [0.717, 1.165) is 0 Å². The van der Waals surface area contributed by atoms with Crippen LogP contribution in [0.25, 0.3) is 0 Å². The quantitative estimate of drug-likeness (QED) is 0.419. The first-order valence-corrected chi connectivity index (χ1v) is 7.36. The third kappa shape index (κ3) is 6.23. The molecule has 25 heavy (non-hydrogen) atoms. The van der Waals surface area contributed by atoms with E-state index in [1.54, 1.807) is 0 Å². The second-order valence-corrected chi connectivity index (χ2v) is 5.53. The van der Waals surface area contributed by atoms with Crippen LogP contribution in [0.2, 0.25) is 0 Å². The Labute approximate surface area is 145 Å². The van der Waals surface area contributed by atoms with E-state index in [9.17, 15) is 24.6 Å². The van der Waals surface area contributed by atoms with Crippen LogP contribution in [0.4, 0.5) is 0 Å². The first-order valence-electron chi connectivity index (χ1n) is 7.36. The minimum absolute atomic E-state index is 0.0552. The van der Waals surface area contributed by atoms with Gasteiger partial charge >= 0.3 is 17.9 Å². The number of benzene rings is 1. The Morgan fingerprint density at radius 3 is 2.24 bits per heavy atom. The fourth-order valence-electron chi connectivity index (χ4n) is 1.81. The lowest BCUT2D eigenvalue weighted by Crippen LogP contribution is -2.22. The summed E-state index contributed by atoms with van der Waals surface area (Å²) < 4.78 is 9.88. The zero-order valence-corrected chi connectivity index (χ0v) is 14.1. The van der Waals surface area contributed by atoms with Gasteiger partial charge in [0.05, 0.1) is 11.7 Å². The summed E-state index contributed by atoms with van der Waals surface area (Å²) in [5, 5.41) is 19.2. The van der Waals surface area contributed by atoms with Crippen LogP contribution in [0.5, 0.6) is 5.75 Å². The molecular formula is C18H20O7. The molecular weight excluding hydrogens is 328 g/mol. The Morgan fingerprint density at radius 1 is 1.12 bits per heavy atom. The summed E-state index contributed by atoms with van der Waals surface area (Å²) in [5.41, 5.74) is 0.557. The maximum Gasteiger partial charge on any atom is 0.338 e. The molecule has 0 fully saturated rings. The number of aromatic carboxylic acids is 1. The van der Waals surface area contributed by atoms with E-state index in [2.05, 4.69) is 13.2 Å². The van der Waals surface area contributed by atoms with Crippen molar-refractivity contribution in [1.82, 2.24) is 0 Å². The molecule has 0 bridgehead atoms. The predicted octanol–water partition coefficient (Wildman–Crippen LogP) is 1.89. The average molecular weight is 348 g/mol. The summed E-state index contributed by atoms with van der Waals surface area (Å²) in [6, 6.07) is 3.95. The van der Waals surface area contributed by atoms with Gasteiger partial charge in [-0.1, -0.05) is 13.2 Å². The Morgan fingerprint density at radius 2 is 1.72 bits per heavy atom. The molecule has 0 amide bonds. The van der Waals surface area contributed by atoms with E-state index < -0.39 is 24.0 Å². The molecule has 0 heterocycles. The minimum Gasteiger partial charge on any atom is -0.478 e. The smallest absolute Gasteiger partial charge is 0.338 e. The molecule has 134 valence electrons. The molecule has 0 aliphatic heterocycles. The van der Waals surface area contributed by atoms with Crippen LogP contribution >= 0.6 is 0 Å². The average Bonchev–Trinajstić information content (AvgIpc) is 2.52. The first kappa shape index (κ1) is 20.1. The Kier molecular flexibility index (Phi) is 7.07. The molecule has 0 spiro atoms. The van der Waals surface area contributed by atoms with Crippen LogP contribution in [-0.2, 0) is 20.7 Å². The number of carboxylic acids is 1. The summed E-state index contributed by atoms with van der Waals surface area (Å²) in [5.74, 6) is -2.37. The topological polar surface area (TPSA) is 110 Å². The highest BCUT2D eigenvalue weighted by Crippen LogP contribution is 2.21. The predicted molar refractivity (Wildman–Crippen MR) is 89.3 cm³/mol. The number of aliphatic hydroxyl groups is 1. The van der Waals surface area contributed by atoms with E-state index in [0.29, 0.717) is 0 Å². The molecule has 0 aliphatic carbocycles. The molecule has 2 N–H and O–H groups in total. The van der Waals surface area contributed by atoms with Crippen LogP contribution in [0, 0.1) is 0 Å². The molecule has 0 saturated carbocycles. The van der Waals surface area contributed by atoms with Crippen LogP contribution in [0.3, 0.4) is 0 Å². The highest BCUT2D eigenvalue weighted by molar-refractivity contribution is 5.91. The number of ether oxygens (including phenoxy) is 2. The van der Waals surface area contributed by atoms with Crippen LogP contribution in [0.1, 0.15) is 29.8 Å². The number of hydrogen-bond donors (Lipinski definition) is 2. The molecule has 0 radical (unpaired) electrons. The molecule has 0 aromatic heterocycles. The van der Waals surface area contributed by atoms with Gasteiger partial charge in [0.15, 0.2) is 0 Å². The number of hydrogen-bond acceptors (Lipinski definition) is 6. The van der Waals surface area contributed by atoms with Gasteiger partial charge in [0, 0.05) is 17.6 Å². The zero-order chi connectivity index (χ0) is 19.1. The molecule has 7 heteroatoms. The number of carboxylic acid groups (broad SMARTS) is 1. The van der Waals surface area contributed by atoms with Crippen LogP contribution in [0.15, 0.2) is 42.5 Å². The van der Waals surface area contributed by atoms with Crippen molar-refractivity contribution in [2.24, 2.45) is 0 Å². The Hall–Kier alpha value is -2.93. The van der Waals surface area contributed by atoms with Gasteiger partial charge in [0.2, 0.25) is 0 Å². The molecule has 1 unspecified atom stereocenters. The fraction of sp³-hybridized carbons (Fsp3) is 0.278. The molecule has 1 rings (SSSR count). The maximum absolute atomic E-state index is 11.6. The summed E-state index contributed by atoms with van der Waals surface area (Å²) in [6.45, 7) is 9.51. The van der Waals surface area contributed by atoms with Crippen molar-refractivity contribution < 1.29 is 34.1 Å². The molecule has 0 aliphatic rings. The lowest BCUT2D eigenvalue weighted by Gasteiger charge is -2.14. The van der Waals surface area contributed by atoms with Gasteiger partial charge in [0.25, 0.3) is 0 Å². The van der Waals surface area contributed by atoms with E-state index in [-0.39, 0.29) is 41.1 Å². The van der Waals surface area contributed by atoms with E-state index in [4.69, 9.17) is 9.47 Å². The van der Waals surface area contributed by atoms with Crippen molar-refractivity contribution in [3.05, 3.63) is 53.6 Å². The highest BCUT2D eigenvalue weighted by Gasteiger charge is 2.17. The van der Waals surface area contributed by atoms with Gasteiger partial charge in [-0.2, -0.15) is 0 Å². The number of aliphatic hydroxyl groups excluding tert-OH is 1. The summed E-state index contributed by atoms with van der Waals surface area (Å²) in [7, 11) is 0. The van der Waals surface area contributed by atoms with Gasteiger partial charge < -0.3 is 19.7 Å². The monoisotopic (exact) mass is 348 g/mol. The normalized spacial score (nSPS) is 11.3. The zero-order valence-electron chi connectivity index (χ0n) is 14.1. The number of carbonyl (C=O) groups is 3. The third-order valence-corrected chi connectivity index (χ3v) is 3.08. The Bertz CT molecular complexity index is 718. The molecule has 1 aromatic carbocycles. The molecule has 1 atom stereocenters. The maximum atomic E-state index is 11.6. The largest absolute Gasteiger partial charge is 0.478 e. The van der Waals surface area contributed by atoms with Crippen molar-refractivity contribution in [3.63, 3.8) is 0 Å². The van der Waals surface area contributed by atoms with Gasteiger partial charge in [-0.25, -0.2) is 14.4 Å². The minimum atomic E-state index is -1.20. The SMILES string of the molecule is C=C(C)C(=O)OCC(O)Cc1cc(OC(=O)C(=C)C)ccc1C(=O)O. The van der Waals surface area contributed by atoms with Crippen LogP contribution < -0.4 is 4.74 Å². The van der Waals surface area contributed by atoms with Crippen molar-refractivity contribution >= 4 is 17.9 Å². The third-order valence-electron chi connectivity index (χ3n) is 3.08. The summed E-state index contributed by atoms with van der Waals surface area (Å²) in [6.07, 6.45) is -1.24. The summed E-state index contributed by atoms with van der Waals surface area (Å²) >= 11 is 0. The first-order chi connectivity index (χ1) is 11.6. The van der Waals surface area contributed by atoms with E-state index in [1.165, 1.54) is 32.0 Å². The van der Waals surface area contributed by atoms with Gasteiger partial charge in [0.1, 0.15) is 12.4 Å². The highest BCUT2D eigenvalue weighted by atomic mass is 16.5.